The van der Waals surface area contributed by atoms with E-state index in [-0.39, 0.29) is 12.0 Å². The van der Waals surface area contributed by atoms with E-state index >= 15 is 0 Å². The molecule has 1 aliphatic heterocycles. The average Bonchev–Trinajstić information content (AvgIpc) is 3.05. The first-order valence-corrected chi connectivity index (χ1v) is 5.93. The molecule has 5 heteroatoms. The Balaban J connectivity index is 1.83. The standard InChI is InChI=1S/C13H14N2O3/c1-17-10-4-5-15(7-10)13(16)9-2-3-12-11(6-9)14-8-18-12/h2-3,6,8,10H,4-5,7H2,1H3. The minimum absolute atomic E-state index is 0.0273. The third-order valence-corrected chi connectivity index (χ3v) is 3.34. The van der Waals surface area contributed by atoms with Crippen LogP contribution in [0.1, 0.15) is 16.8 Å². The monoisotopic (exact) mass is 246 g/mol. The molecular weight excluding hydrogens is 232 g/mol. The Morgan fingerprint density at radius 3 is 3.22 bits per heavy atom. The lowest BCUT2D eigenvalue weighted by molar-refractivity contribution is 0.0724. The lowest BCUT2D eigenvalue weighted by Gasteiger charge is -2.15. The van der Waals surface area contributed by atoms with E-state index in [2.05, 4.69) is 4.98 Å². The smallest absolute Gasteiger partial charge is 0.254 e. The highest BCUT2D eigenvalue weighted by atomic mass is 16.5. The van der Waals surface area contributed by atoms with E-state index in [0.717, 1.165) is 13.0 Å². The van der Waals surface area contributed by atoms with E-state index in [1.54, 1.807) is 25.3 Å². The van der Waals surface area contributed by atoms with Gasteiger partial charge in [-0.1, -0.05) is 0 Å². The van der Waals surface area contributed by atoms with Gasteiger partial charge in [-0.25, -0.2) is 4.98 Å². The molecule has 1 fully saturated rings. The highest BCUT2D eigenvalue weighted by Gasteiger charge is 2.26. The van der Waals surface area contributed by atoms with Crippen molar-refractivity contribution >= 4 is 17.0 Å². The molecule has 2 heterocycles. The van der Waals surface area contributed by atoms with E-state index in [4.69, 9.17) is 9.15 Å². The number of hydrogen-bond donors (Lipinski definition) is 0. The summed E-state index contributed by atoms with van der Waals surface area (Å²) in [7, 11) is 1.68. The number of ether oxygens (including phenoxy) is 1. The van der Waals surface area contributed by atoms with E-state index < -0.39 is 0 Å². The summed E-state index contributed by atoms with van der Waals surface area (Å²) in [5, 5.41) is 0. The Kier molecular flexibility index (Phi) is 2.76. The minimum atomic E-state index is 0.0273. The normalized spacial score (nSPS) is 19.6. The van der Waals surface area contributed by atoms with Crippen LogP contribution in [0.4, 0.5) is 0 Å². The van der Waals surface area contributed by atoms with Crippen LogP contribution in [0.15, 0.2) is 29.0 Å². The molecule has 0 aliphatic carbocycles. The first-order valence-electron chi connectivity index (χ1n) is 5.93. The van der Waals surface area contributed by atoms with Crippen LogP contribution in [-0.4, -0.2) is 42.1 Å². The molecule has 94 valence electrons. The van der Waals surface area contributed by atoms with Gasteiger partial charge in [0.05, 0.1) is 6.10 Å². The van der Waals surface area contributed by atoms with Crippen molar-refractivity contribution in [2.24, 2.45) is 0 Å². The third kappa shape index (κ3) is 1.86. The molecule has 1 aliphatic rings. The predicted octanol–water partition coefficient (Wildman–Crippen LogP) is 1.69. The fraction of sp³-hybridized carbons (Fsp3) is 0.385. The summed E-state index contributed by atoms with van der Waals surface area (Å²) in [6.45, 7) is 1.40. The SMILES string of the molecule is COC1CCN(C(=O)c2ccc3ocnc3c2)C1. The van der Waals surface area contributed by atoms with Gasteiger partial charge in [-0.2, -0.15) is 0 Å². The topological polar surface area (TPSA) is 55.6 Å². The van der Waals surface area contributed by atoms with Crippen LogP contribution >= 0.6 is 0 Å². The van der Waals surface area contributed by atoms with Crippen LogP contribution in [0.5, 0.6) is 0 Å². The van der Waals surface area contributed by atoms with Crippen molar-refractivity contribution in [2.75, 3.05) is 20.2 Å². The van der Waals surface area contributed by atoms with Crippen LogP contribution in [0.25, 0.3) is 11.1 Å². The van der Waals surface area contributed by atoms with Crippen LogP contribution < -0.4 is 0 Å². The highest BCUT2D eigenvalue weighted by molar-refractivity contribution is 5.97. The maximum absolute atomic E-state index is 12.3. The molecule has 1 saturated heterocycles. The second kappa shape index (κ2) is 4.42. The fourth-order valence-electron chi connectivity index (χ4n) is 2.28. The molecule has 5 nitrogen and oxygen atoms in total. The van der Waals surface area contributed by atoms with Crippen LogP contribution in [0.3, 0.4) is 0 Å². The molecule has 1 aromatic heterocycles. The number of rotatable bonds is 2. The Bertz CT molecular complexity index is 578. The number of fused-ring (bicyclic) bond motifs is 1. The molecule has 1 atom stereocenters. The number of likely N-dealkylation sites (tertiary alicyclic amines) is 1. The molecule has 0 spiro atoms. The average molecular weight is 246 g/mol. The van der Waals surface area contributed by atoms with Crippen LogP contribution in [0.2, 0.25) is 0 Å². The number of carbonyl (C=O) groups is 1. The van der Waals surface area contributed by atoms with Crippen molar-refractivity contribution in [3.05, 3.63) is 30.2 Å². The molecule has 0 bridgehead atoms. The number of carbonyl (C=O) groups excluding carboxylic acids is 1. The number of hydrogen-bond acceptors (Lipinski definition) is 4. The summed E-state index contributed by atoms with van der Waals surface area (Å²) in [6.07, 6.45) is 2.44. The zero-order chi connectivity index (χ0) is 12.5. The molecule has 1 unspecified atom stereocenters. The molecule has 0 saturated carbocycles. The largest absolute Gasteiger partial charge is 0.443 e. The summed E-state index contributed by atoms with van der Waals surface area (Å²) in [4.78, 5) is 18.2. The van der Waals surface area contributed by atoms with Gasteiger partial charge >= 0.3 is 0 Å². The van der Waals surface area contributed by atoms with Crippen molar-refractivity contribution in [1.29, 1.82) is 0 Å². The summed E-state index contributed by atoms with van der Waals surface area (Å²) >= 11 is 0. The van der Waals surface area contributed by atoms with Gasteiger partial charge in [-0.15, -0.1) is 0 Å². The Hall–Kier alpha value is -1.88. The second-order valence-electron chi connectivity index (χ2n) is 4.43. The first kappa shape index (κ1) is 11.2. The number of aromatic nitrogens is 1. The van der Waals surface area contributed by atoms with Crippen molar-refractivity contribution < 1.29 is 13.9 Å². The van der Waals surface area contributed by atoms with Gasteiger partial charge in [0.1, 0.15) is 5.52 Å². The van der Waals surface area contributed by atoms with Crippen LogP contribution in [-0.2, 0) is 4.74 Å². The van der Waals surface area contributed by atoms with Crippen LogP contribution in [0, 0.1) is 0 Å². The second-order valence-corrected chi connectivity index (χ2v) is 4.43. The maximum Gasteiger partial charge on any atom is 0.254 e. The fourth-order valence-corrected chi connectivity index (χ4v) is 2.28. The van der Waals surface area contributed by atoms with Gasteiger partial charge < -0.3 is 14.1 Å². The molecule has 18 heavy (non-hydrogen) atoms. The third-order valence-electron chi connectivity index (χ3n) is 3.34. The molecule has 0 N–H and O–H groups in total. The van der Waals surface area contributed by atoms with E-state index in [9.17, 15) is 4.79 Å². The lowest BCUT2D eigenvalue weighted by Crippen LogP contribution is -2.29. The zero-order valence-electron chi connectivity index (χ0n) is 10.1. The molecule has 2 aromatic rings. The summed E-state index contributed by atoms with van der Waals surface area (Å²) < 4.78 is 10.4. The predicted molar refractivity (Wildman–Crippen MR) is 65.3 cm³/mol. The molecule has 0 radical (unpaired) electrons. The highest BCUT2D eigenvalue weighted by Crippen LogP contribution is 2.19. The van der Waals surface area contributed by atoms with Crippen molar-refractivity contribution in [1.82, 2.24) is 9.88 Å². The molecule has 1 amide bonds. The molecule has 3 rings (SSSR count). The quantitative estimate of drug-likeness (QED) is 0.809. The number of nitrogens with zero attached hydrogens (tertiary/aromatic N) is 2. The van der Waals surface area contributed by atoms with E-state index in [1.165, 1.54) is 6.39 Å². The van der Waals surface area contributed by atoms with Gasteiger partial charge in [0, 0.05) is 25.8 Å². The van der Waals surface area contributed by atoms with Crippen molar-refractivity contribution in [3.63, 3.8) is 0 Å². The molecule has 1 aromatic carbocycles. The van der Waals surface area contributed by atoms with Gasteiger partial charge in [-0.05, 0) is 24.6 Å². The lowest BCUT2D eigenvalue weighted by atomic mass is 10.2. The Morgan fingerprint density at radius 1 is 1.56 bits per heavy atom. The van der Waals surface area contributed by atoms with Gasteiger partial charge in [0.15, 0.2) is 12.0 Å². The molecular formula is C13H14N2O3. The van der Waals surface area contributed by atoms with Gasteiger partial charge in [-0.3, -0.25) is 4.79 Å². The first-order chi connectivity index (χ1) is 8.78. The van der Waals surface area contributed by atoms with E-state index in [0.29, 0.717) is 23.2 Å². The number of amides is 1. The van der Waals surface area contributed by atoms with Gasteiger partial charge in [0.2, 0.25) is 0 Å². The van der Waals surface area contributed by atoms with Gasteiger partial charge in [0.25, 0.3) is 5.91 Å². The Morgan fingerprint density at radius 2 is 2.44 bits per heavy atom. The summed E-state index contributed by atoms with van der Waals surface area (Å²) in [6, 6.07) is 5.32. The number of methoxy groups -OCH3 is 1. The maximum atomic E-state index is 12.3. The van der Waals surface area contributed by atoms with Crippen molar-refractivity contribution in [2.45, 2.75) is 12.5 Å². The number of benzene rings is 1. The summed E-state index contributed by atoms with van der Waals surface area (Å²) in [5.41, 5.74) is 2.05. The Labute approximate surface area is 104 Å². The summed E-state index contributed by atoms with van der Waals surface area (Å²) in [5.74, 6) is 0.0273. The minimum Gasteiger partial charge on any atom is -0.443 e. The number of oxazole rings is 1. The van der Waals surface area contributed by atoms with E-state index in [1.807, 2.05) is 4.90 Å². The zero-order valence-corrected chi connectivity index (χ0v) is 10.1. The van der Waals surface area contributed by atoms with Crippen molar-refractivity contribution in [3.8, 4) is 0 Å².